The van der Waals surface area contributed by atoms with E-state index in [4.69, 9.17) is 5.73 Å². The Balaban J connectivity index is 0.000000948. The van der Waals surface area contributed by atoms with Gasteiger partial charge in [0.2, 0.25) is 0 Å². The van der Waals surface area contributed by atoms with Crippen molar-refractivity contribution < 1.29 is 4.39 Å². The summed E-state index contributed by atoms with van der Waals surface area (Å²) >= 11 is 1.61. The fraction of sp³-hybridized carbons (Fsp3) is 0.200. The predicted octanol–water partition coefficient (Wildman–Crippen LogP) is 5.42. The average Bonchev–Trinajstić information content (AvgIpc) is 3.27. The number of halogens is 1. The molecule has 0 aliphatic rings. The molecule has 4 rings (SSSR count). The minimum Gasteiger partial charge on any atom is -0.383 e. The summed E-state index contributed by atoms with van der Waals surface area (Å²) in [5, 5.41) is 7.19. The molecule has 3 heterocycles. The molecule has 134 valence electrons. The first kappa shape index (κ1) is 18.1. The highest BCUT2D eigenvalue weighted by atomic mass is 32.1. The van der Waals surface area contributed by atoms with Crippen molar-refractivity contribution in [2.75, 3.05) is 5.73 Å². The molecule has 0 unspecified atom stereocenters. The van der Waals surface area contributed by atoms with E-state index < -0.39 is 0 Å². The van der Waals surface area contributed by atoms with Crippen LogP contribution in [0.1, 0.15) is 19.4 Å². The minimum atomic E-state index is -0.208. The Labute approximate surface area is 156 Å². The topological polar surface area (TPSA) is 56.7 Å². The summed E-state index contributed by atoms with van der Waals surface area (Å²) < 4.78 is 16.4. The van der Waals surface area contributed by atoms with Crippen LogP contribution in [0.2, 0.25) is 0 Å². The number of anilines is 1. The molecule has 4 aromatic rings. The third kappa shape index (κ3) is 3.08. The van der Waals surface area contributed by atoms with Crippen LogP contribution < -0.4 is 5.73 Å². The van der Waals surface area contributed by atoms with Crippen LogP contribution in [-0.4, -0.2) is 14.8 Å². The van der Waals surface area contributed by atoms with Crippen molar-refractivity contribution in [1.29, 1.82) is 0 Å². The van der Waals surface area contributed by atoms with E-state index in [0.717, 1.165) is 32.3 Å². The Morgan fingerprint density at radius 2 is 1.88 bits per heavy atom. The van der Waals surface area contributed by atoms with E-state index in [2.05, 4.69) is 15.5 Å². The molecule has 0 atom stereocenters. The molecule has 2 N–H and O–H groups in total. The van der Waals surface area contributed by atoms with Crippen LogP contribution in [0.5, 0.6) is 0 Å². The number of aryl methyl sites for hydroxylation is 2. The lowest BCUT2D eigenvalue weighted by molar-refractivity contribution is 0.619. The first-order valence-electron chi connectivity index (χ1n) is 8.46. The predicted molar refractivity (Wildman–Crippen MR) is 108 cm³/mol. The number of nitrogens with two attached hydrogens (primary N) is 1. The van der Waals surface area contributed by atoms with Gasteiger partial charge in [0.05, 0.1) is 6.20 Å². The minimum absolute atomic E-state index is 0.208. The van der Waals surface area contributed by atoms with E-state index in [1.165, 1.54) is 6.07 Å². The fourth-order valence-corrected chi connectivity index (χ4v) is 3.98. The molecule has 0 saturated heterocycles. The number of thiophene rings is 1. The second-order valence-electron chi connectivity index (χ2n) is 5.78. The van der Waals surface area contributed by atoms with Crippen LogP contribution >= 0.6 is 11.3 Å². The molecule has 0 radical (unpaired) electrons. The lowest BCUT2D eigenvalue weighted by atomic mass is 10.0. The van der Waals surface area contributed by atoms with Gasteiger partial charge in [-0.05, 0) is 35.6 Å². The number of fused-ring (bicyclic) bond motifs is 1. The number of nitrogens with zero attached hydrogens (tertiary/aromatic N) is 3. The number of hydrogen-bond donors (Lipinski definition) is 1. The summed E-state index contributed by atoms with van der Waals surface area (Å²) in [6, 6.07) is 5.11. The van der Waals surface area contributed by atoms with Gasteiger partial charge in [0.15, 0.2) is 0 Å². The molecule has 3 aromatic heterocycles. The number of benzene rings is 1. The summed E-state index contributed by atoms with van der Waals surface area (Å²) in [6.07, 6.45) is 5.55. The van der Waals surface area contributed by atoms with Gasteiger partial charge in [-0.3, -0.25) is 4.68 Å². The van der Waals surface area contributed by atoms with Gasteiger partial charge in [0.1, 0.15) is 11.6 Å². The van der Waals surface area contributed by atoms with Gasteiger partial charge in [0, 0.05) is 46.2 Å². The molecule has 4 nitrogen and oxygen atoms in total. The van der Waals surface area contributed by atoms with Crippen molar-refractivity contribution in [3.63, 3.8) is 0 Å². The summed E-state index contributed by atoms with van der Waals surface area (Å²) in [7, 11) is 1.88. The molecular formula is C20H21FN4S. The lowest BCUT2D eigenvalue weighted by Crippen LogP contribution is -1.93. The van der Waals surface area contributed by atoms with E-state index in [-0.39, 0.29) is 5.82 Å². The molecule has 6 heteroatoms. The highest BCUT2D eigenvalue weighted by Crippen LogP contribution is 2.41. The number of aromatic nitrogens is 3. The third-order valence-electron chi connectivity index (χ3n) is 4.11. The van der Waals surface area contributed by atoms with Gasteiger partial charge in [-0.2, -0.15) is 5.10 Å². The van der Waals surface area contributed by atoms with Crippen LogP contribution in [-0.2, 0) is 7.05 Å². The van der Waals surface area contributed by atoms with Crippen molar-refractivity contribution in [3.05, 3.63) is 53.6 Å². The van der Waals surface area contributed by atoms with E-state index >= 15 is 0 Å². The number of nitrogen functional groups attached to an aromatic ring is 1. The molecule has 0 amide bonds. The average molecular weight is 368 g/mol. The maximum atomic E-state index is 13.6. The maximum Gasteiger partial charge on any atom is 0.132 e. The van der Waals surface area contributed by atoms with Crippen molar-refractivity contribution in [3.8, 4) is 22.3 Å². The van der Waals surface area contributed by atoms with E-state index in [9.17, 15) is 4.39 Å². The lowest BCUT2D eigenvalue weighted by Gasteiger charge is -2.06. The smallest absolute Gasteiger partial charge is 0.132 e. The molecule has 26 heavy (non-hydrogen) atoms. The molecule has 0 aliphatic carbocycles. The quantitative estimate of drug-likeness (QED) is 0.514. The second-order valence-corrected chi connectivity index (χ2v) is 6.66. The SMILES string of the molecule is CC.Cc1cc(-c2csc3c(-c4cnn(C)c4)cnc(N)c23)ccc1F. The maximum absolute atomic E-state index is 13.6. The first-order valence-corrected chi connectivity index (χ1v) is 9.34. The second kappa shape index (κ2) is 7.25. The molecule has 0 bridgehead atoms. The van der Waals surface area contributed by atoms with Gasteiger partial charge in [-0.25, -0.2) is 9.37 Å². The number of rotatable bonds is 2. The Bertz CT molecular complexity index is 1070. The zero-order chi connectivity index (χ0) is 18.8. The van der Waals surface area contributed by atoms with Gasteiger partial charge in [0.25, 0.3) is 0 Å². The summed E-state index contributed by atoms with van der Waals surface area (Å²) in [5.41, 5.74) is 10.7. The largest absolute Gasteiger partial charge is 0.383 e. The Morgan fingerprint density at radius 3 is 2.54 bits per heavy atom. The summed E-state index contributed by atoms with van der Waals surface area (Å²) in [6.45, 7) is 5.76. The molecule has 0 aliphatic heterocycles. The van der Waals surface area contributed by atoms with Gasteiger partial charge in [-0.1, -0.05) is 19.9 Å². The fourth-order valence-electron chi connectivity index (χ4n) is 2.86. The first-order chi connectivity index (χ1) is 12.5. The number of hydrogen-bond acceptors (Lipinski definition) is 4. The van der Waals surface area contributed by atoms with E-state index in [0.29, 0.717) is 11.4 Å². The van der Waals surface area contributed by atoms with Crippen LogP contribution in [0, 0.1) is 12.7 Å². The molecule has 0 spiro atoms. The van der Waals surface area contributed by atoms with E-state index in [1.54, 1.807) is 35.2 Å². The Morgan fingerprint density at radius 1 is 1.12 bits per heavy atom. The van der Waals surface area contributed by atoms with Gasteiger partial charge in [-0.15, -0.1) is 11.3 Å². The summed E-state index contributed by atoms with van der Waals surface area (Å²) in [5.74, 6) is 0.274. The normalized spacial score (nSPS) is 10.7. The third-order valence-corrected chi connectivity index (χ3v) is 5.12. The molecule has 0 saturated carbocycles. The van der Waals surface area contributed by atoms with Gasteiger partial charge < -0.3 is 5.73 Å². The van der Waals surface area contributed by atoms with Crippen LogP contribution in [0.15, 0.2) is 42.2 Å². The molecular weight excluding hydrogens is 347 g/mol. The van der Waals surface area contributed by atoms with Crippen LogP contribution in [0.25, 0.3) is 32.3 Å². The highest BCUT2D eigenvalue weighted by molar-refractivity contribution is 7.18. The van der Waals surface area contributed by atoms with Crippen LogP contribution in [0.4, 0.5) is 10.2 Å². The number of pyridine rings is 1. The standard InChI is InChI=1S/C18H15FN4S.C2H6/c1-10-5-11(3-4-15(10)19)14-9-24-17-13(7-21-18(20)16(14)17)12-6-22-23(2)8-12;1-2/h3-9H,1-2H3,(H2,20,21);1-2H3. The van der Waals surface area contributed by atoms with Gasteiger partial charge >= 0.3 is 0 Å². The zero-order valence-corrected chi connectivity index (χ0v) is 16.1. The Hall–Kier alpha value is -2.73. The van der Waals surface area contributed by atoms with E-state index in [1.807, 2.05) is 39.4 Å². The Kier molecular flexibility index (Phi) is 5.04. The van der Waals surface area contributed by atoms with Crippen molar-refractivity contribution in [1.82, 2.24) is 14.8 Å². The molecule has 0 fully saturated rings. The highest BCUT2D eigenvalue weighted by Gasteiger charge is 2.16. The van der Waals surface area contributed by atoms with Crippen molar-refractivity contribution >= 4 is 27.2 Å². The molecule has 1 aromatic carbocycles. The van der Waals surface area contributed by atoms with Crippen molar-refractivity contribution in [2.24, 2.45) is 7.05 Å². The summed E-state index contributed by atoms with van der Waals surface area (Å²) in [4.78, 5) is 4.36. The van der Waals surface area contributed by atoms with Crippen molar-refractivity contribution in [2.45, 2.75) is 20.8 Å². The zero-order valence-electron chi connectivity index (χ0n) is 15.2. The van der Waals surface area contributed by atoms with Crippen LogP contribution in [0.3, 0.4) is 0 Å². The monoisotopic (exact) mass is 368 g/mol.